The molecular weight excluding hydrogens is 354 g/mol. The molecule has 1 amide bonds. The van der Waals surface area contributed by atoms with Crippen LogP contribution in [0, 0.1) is 17.8 Å². The topological polar surface area (TPSA) is 63.7 Å². The number of nitrogens with zero attached hydrogens (tertiary/aromatic N) is 2. The molecular formula is C22H27N3O3. The fraction of sp³-hybridized carbons (Fsp3) is 0.455. The highest BCUT2D eigenvalue weighted by molar-refractivity contribution is 5.90. The average Bonchev–Trinajstić information content (AvgIpc) is 3.12. The predicted molar refractivity (Wildman–Crippen MR) is 107 cm³/mol. The van der Waals surface area contributed by atoms with Gasteiger partial charge in [0.1, 0.15) is 5.75 Å². The fourth-order valence-electron chi connectivity index (χ4n) is 4.45. The molecule has 0 unspecified atom stereocenters. The van der Waals surface area contributed by atoms with Gasteiger partial charge in [-0.15, -0.1) is 0 Å². The van der Waals surface area contributed by atoms with Crippen molar-refractivity contribution in [1.29, 1.82) is 0 Å². The first-order valence-electron chi connectivity index (χ1n) is 9.84. The van der Waals surface area contributed by atoms with E-state index in [2.05, 4.69) is 27.3 Å². The minimum atomic E-state index is 0.0356. The molecule has 2 aliphatic heterocycles. The number of pyridine rings is 1. The first-order chi connectivity index (χ1) is 13.7. The number of aromatic nitrogens is 1. The van der Waals surface area contributed by atoms with Crippen LogP contribution in [0.5, 0.6) is 5.75 Å². The van der Waals surface area contributed by atoms with E-state index in [0.717, 1.165) is 37.7 Å². The fourth-order valence-corrected chi connectivity index (χ4v) is 4.45. The molecule has 2 aromatic rings. The molecule has 6 nitrogen and oxygen atoms in total. The van der Waals surface area contributed by atoms with Gasteiger partial charge in [0.05, 0.1) is 32.2 Å². The van der Waals surface area contributed by atoms with Crippen LogP contribution in [0.1, 0.15) is 12.0 Å². The second-order valence-electron chi connectivity index (χ2n) is 7.76. The Morgan fingerprint density at radius 3 is 3.04 bits per heavy atom. The van der Waals surface area contributed by atoms with E-state index in [1.54, 1.807) is 19.5 Å². The number of rotatable bonds is 6. The molecule has 6 heteroatoms. The van der Waals surface area contributed by atoms with Gasteiger partial charge in [0, 0.05) is 32.3 Å². The first kappa shape index (κ1) is 18.9. The van der Waals surface area contributed by atoms with Crippen molar-refractivity contribution >= 4 is 11.6 Å². The lowest BCUT2D eigenvalue weighted by molar-refractivity contribution is -0.119. The van der Waals surface area contributed by atoms with Gasteiger partial charge in [0.15, 0.2) is 0 Å². The quantitative estimate of drug-likeness (QED) is 0.834. The Kier molecular flexibility index (Phi) is 5.88. The number of hydrogen-bond acceptors (Lipinski definition) is 5. The van der Waals surface area contributed by atoms with E-state index >= 15 is 0 Å². The summed E-state index contributed by atoms with van der Waals surface area (Å²) in [4.78, 5) is 19.0. The number of carbonyl (C=O) groups excluding carboxylic acids is 1. The van der Waals surface area contributed by atoms with E-state index in [0.29, 0.717) is 24.9 Å². The van der Waals surface area contributed by atoms with E-state index in [1.807, 2.05) is 24.3 Å². The molecule has 0 spiro atoms. The van der Waals surface area contributed by atoms with E-state index in [1.165, 1.54) is 5.56 Å². The monoisotopic (exact) mass is 381 g/mol. The van der Waals surface area contributed by atoms with Crippen molar-refractivity contribution in [3.05, 3.63) is 54.4 Å². The number of amides is 1. The summed E-state index contributed by atoms with van der Waals surface area (Å²) in [7, 11) is 1.70. The standard InChI is InChI=1S/C22H27N3O3/c1-27-20-6-2-4-16(8-20)11-25-12-18-15-28-14-17(21(18)13-25)9-22(26)24-19-5-3-7-23-10-19/h2-8,10,17-18,21H,9,11-15H2,1H3,(H,24,26)/t17-,18-,21+/m1/s1. The van der Waals surface area contributed by atoms with Crippen molar-refractivity contribution in [3.63, 3.8) is 0 Å². The average molecular weight is 381 g/mol. The molecule has 2 aliphatic rings. The maximum atomic E-state index is 12.5. The van der Waals surface area contributed by atoms with Crippen LogP contribution in [0.15, 0.2) is 48.8 Å². The minimum absolute atomic E-state index is 0.0356. The molecule has 0 radical (unpaired) electrons. The molecule has 2 fully saturated rings. The highest BCUT2D eigenvalue weighted by Crippen LogP contribution is 2.36. The third kappa shape index (κ3) is 4.51. The van der Waals surface area contributed by atoms with Crippen molar-refractivity contribution in [1.82, 2.24) is 9.88 Å². The zero-order valence-electron chi connectivity index (χ0n) is 16.2. The third-order valence-electron chi connectivity index (χ3n) is 5.77. The predicted octanol–water partition coefficient (Wildman–Crippen LogP) is 2.81. The number of benzene rings is 1. The zero-order valence-corrected chi connectivity index (χ0v) is 16.2. The summed E-state index contributed by atoms with van der Waals surface area (Å²) in [5, 5.41) is 2.95. The van der Waals surface area contributed by atoms with Crippen LogP contribution >= 0.6 is 0 Å². The first-order valence-corrected chi connectivity index (χ1v) is 9.84. The van der Waals surface area contributed by atoms with Gasteiger partial charge >= 0.3 is 0 Å². The number of ether oxygens (including phenoxy) is 2. The van der Waals surface area contributed by atoms with Crippen LogP contribution in [-0.2, 0) is 16.1 Å². The summed E-state index contributed by atoms with van der Waals surface area (Å²) < 4.78 is 11.2. The summed E-state index contributed by atoms with van der Waals surface area (Å²) in [6.07, 6.45) is 3.86. The second kappa shape index (κ2) is 8.71. The maximum Gasteiger partial charge on any atom is 0.224 e. The van der Waals surface area contributed by atoms with Crippen LogP contribution in [0.3, 0.4) is 0 Å². The van der Waals surface area contributed by atoms with Crippen LogP contribution in [0.4, 0.5) is 5.69 Å². The summed E-state index contributed by atoms with van der Waals surface area (Å²) in [6.45, 7) is 4.38. The Bertz CT molecular complexity index is 799. The molecule has 0 saturated carbocycles. The van der Waals surface area contributed by atoms with Gasteiger partial charge in [-0.25, -0.2) is 0 Å². The normalized spacial score (nSPS) is 24.5. The van der Waals surface area contributed by atoms with E-state index in [9.17, 15) is 4.79 Å². The highest BCUT2D eigenvalue weighted by atomic mass is 16.5. The van der Waals surface area contributed by atoms with Crippen molar-refractivity contribution in [2.45, 2.75) is 13.0 Å². The van der Waals surface area contributed by atoms with E-state index < -0.39 is 0 Å². The molecule has 0 aliphatic carbocycles. The lowest BCUT2D eigenvalue weighted by Crippen LogP contribution is -2.37. The van der Waals surface area contributed by atoms with Crippen LogP contribution < -0.4 is 10.1 Å². The van der Waals surface area contributed by atoms with Gasteiger partial charge in [-0.3, -0.25) is 14.7 Å². The number of likely N-dealkylation sites (tertiary alicyclic amines) is 1. The van der Waals surface area contributed by atoms with Crippen molar-refractivity contribution in [2.75, 3.05) is 38.7 Å². The maximum absolute atomic E-state index is 12.5. The SMILES string of the molecule is COc1cccc(CN2C[C@@H]3COC[C@@H](CC(=O)Nc4cccnc4)[C@@H]3C2)c1. The largest absolute Gasteiger partial charge is 0.497 e. The van der Waals surface area contributed by atoms with Gasteiger partial charge < -0.3 is 14.8 Å². The Morgan fingerprint density at radius 1 is 1.29 bits per heavy atom. The molecule has 3 heterocycles. The minimum Gasteiger partial charge on any atom is -0.497 e. The number of carbonyl (C=O) groups is 1. The van der Waals surface area contributed by atoms with Crippen molar-refractivity contribution in [2.24, 2.45) is 17.8 Å². The zero-order chi connectivity index (χ0) is 19.3. The molecule has 2 saturated heterocycles. The number of fused-ring (bicyclic) bond motifs is 1. The van der Waals surface area contributed by atoms with Gasteiger partial charge in [-0.2, -0.15) is 0 Å². The molecule has 1 aromatic heterocycles. The number of nitrogens with one attached hydrogen (secondary N) is 1. The van der Waals surface area contributed by atoms with Crippen LogP contribution in [-0.4, -0.2) is 49.2 Å². The Labute approximate surface area is 165 Å². The number of anilines is 1. The highest BCUT2D eigenvalue weighted by Gasteiger charge is 2.41. The van der Waals surface area contributed by atoms with Gasteiger partial charge in [-0.05, 0) is 47.6 Å². The second-order valence-corrected chi connectivity index (χ2v) is 7.76. The Hall–Kier alpha value is -2.44. The summed E-state index contributed by atoms with van der Waals surface area (Å²) in [5.74, 6) is 2.18. The summed E-state index contributed by atoms with van der Waals surface area (Å²) in [5.41, 5.74) is 2.00. The van der Waals surface area contributed by atoms with Crippen molar-refractivity contribution < 1.29 is 14.3 Å². The van der Waals surface area contributed by atoms with E-state index in [4.69, 9.17) is 9.47 Å². The van der Waals surface area contributed by atoms with Crippen molar-refractivity contribution in [3.8, 4) is 5.75 Å². The van der Waals surface area contributed by atoms with Crippen LogP contribution in [0.25, 0.3) is 0 Å². The van der Waals surface area contributed by atoms with Gasteiger partial charge in [0.25, 0.3) is 0 Å². The molecule has 148 valence electrons. The van der Waals surface area contributed by atoms with Gasteiger partial charge in [0.2, 0.25) is 5.91 Å². The summed E-state index contributed by atoms with van der Waals surface area (Å²) >= 11 is 0. The molecule has 28 heavy (non-hydrogen) atoms. The van der Waals surface area contributed by atoms with E-state index in [-0.39, 0.29) is 11.8 Å². The molecule has 1 N–H and O–H groups in total. The number of hydrogen-bond donors (Lipinski definition) is 1. The molecule has 3 atom stereocenters. The van der Waals surface area contributed by atoms with Gasteiger partial charge in [-0.1, -0.05) is 12.1 Å². The molecule has 0 bridgehead atoms. The molecule has 4 rings (SSSR count). The molecule has 1 aromatic carbocycles. The van der Waals surface area contributed by atoms with Crippen LogP contribution in [0.2, 0.25) is 0 Å². The lowest BCUT2D eigenvalue weighted by atomic mass is 9.81. The Morgan fingerprint density at radius 2 is 2.21 bits per heavy atom. The number of methoxy groups -OCH3 is 1. The summed E-state index contributed by atoms with van der Waals surface area (Å²) in [6, 6.07) is 11.9. The third-order valence-corrected chi connectivity index (χ3v) is 5.77. The Balaban J connectivity index is 1.35. The lowest BCUT2D eigenvalue weighted by Gasteiger charge is -2.32. The smallest absolute Gasteiger partial charge is 0.224 e.